The first-order valence-electron chi connectivity index (χ1n) is 9.23. The van der Waals surface area contributed by atoms with Gasteiger partial charge in [-0.1, -0.05) is 13.3 Å². The summed E-state index contributed by atoms with van der Waals surface area (Å²) in [5.41, 5.74) is 1.71. The molecule has 0 saturated heterocycles. The van der Waals surface area contributed by atoms with Gasteiger partial charge in [0.25, 0.3) is 0 Å². The van der Waals surface area contributed by atoms with Crippen LogP contribution in [0.3, 0.4) is 0 Å². The number of esters is 1. The summed E-state index contributed by atoms with van der Waals surface area (Å²) in [7, 11) is 3.19. The molecule has 0 fully saturated rings. The summed E-state index contributed by atoms with van der Waals surface area (Å²) in [5.74, 6) is 1.82. The van der Waals surface area contributed by atoms with E-state index in [0.717, 1.165) is 27.7 Å². The van der Waals surface area contributed by atoms with Gasteiger partial charge in [-0.2, -0.15) is 0 Å². The van der Waals surface area contributed by atoms with Crippen molar-refractivity contribution in [2.75, 3.05) is 20.8 Å². The molecule has 6 nitrogen and oxygen atoms in total. The van der Waals surface area contributed by atoms with Gasteiger partial charge in [-0.05, 0) is 77.0 Å². The fraction of sp³-hybridized carbons (Fsp3) is 0.273. The zero-order valence-corrected chi connectivity index (χ0v) is 18.7. The molecular weight excluding hydrogens is 485 g/mol. The van der Waals surface area contributed by atoms with Crippen LogP contribution in [0.2, 0.25) is 0 Å². The van der Waals surface area contributed by atoms with Crippen molar-refractivity contribution in [3.63, 3.8) is 0 Å². The second-order valence-corrected chi connectivity index (χ2v) is 7.46. The Hall–Kier alpha value is -2.55. The monoisotopic (exact) mass is 507 g/mol. The predicted molar refractivity (Wildman–Crippen MR) is 120 cm³/mol. The lowest BCUT2D eigenvalue weighted by Gasteiger charge is -2.13. The third-order valence-electron chi connectivity index (χ3n) is 4.26. The smallest absolute Gasteiger partial charge is 0.363 e. The van der Waals surface area contributed by atoms with Gasteiger partial charge in [0.1, 0.15) is 5.75 Å². The topological polar surface area (TPSA) is 66.3 Å². The van der Waals surface area contributed by atoms with E-state index in [2.05, 4.69) is 34.5 Å². The van der Waals surface area contributed by atoms with E-state index in [1.54, 1.807) is 44.6 Å². The van der Waals surface area contributed by atoms with Crippen LogP contribution >= 0.6 is 22.6 Å². The summed E-state index contributed by atoms with van der Waals surface area (Å²) in [6.45, 7) is 2.74. The van der Waals surface area contributed by atoms with Gasteiger partial charge in [-0.3, -0.25) is 0 Å². The van der Waals surface area contributed by atoms with Crippen molar-refractivity contribution in [2.24, 2.45) is 4.99 Å². The fourth-order valence-electron chi connectivity index (χ4n) is 2.71. The maximum absolute atomic E-state index is 12.3. The number of benzene rings is 2. The minimum absolute atomic E-state index is 0.230. The number of unbranched alkanes of at least 4 members (excludes halogenated alkanes) is 1. The van der Waals surface area contributed by atoms with E-state index in [4.69, 9.17) is 18.9 Å². The lowest BCUT2D eigenvalue weighted by Crippen LogP contribution is -2.05. The molecule has 0 N–H and O–H groups in total. The SMILES string of the molecule is CCCCOc1c(I)cc(C=C2N=C(c3ccc(OC)cc3)OC2=O)cc1OC. The molecule has 0 radical (unpaired) electrons. The molecule has 0 unspecified atom stereocenters. The summed E-state index contributed by atoms with van der Waals surface area (Å²) in [6.07, 6.45) is 3.71. The average Bonchev–Trinajstić information content (AvgIpc) is 3.09. The van der Waals surface area contributed by atoms with Crippen LogP contribution in [0.5, 0.6) is 17.2 Å². The van der Waals surface area contributed by atoms with Gasteiger partial charge in [-0.25, -0.2) is 9.79 Å². The molecule has 3 rings (SSSR count). The zero-order valence-electron chi connectivity index (χ0n) is 16.5. The highest BCUT2D eigenvalue weighted by atomic mass is 127. The Morgan fingerprint density at radius 2 is 1.90 bits per heavy atom. The van der Waals surface area contributed by atoms with E-state index in [-0.39, 0.29) is 11.6 Å². The van der Waals surface area contributed by atoms with Gasteiger partial charge in [0.15, 0.2) is 17.2 Å². The van der Waals surface area contributed by atoms with E-state index >= 15 is 0 Å². The summed E-state index contributed by atoms with van der Waals surface area (Å²) in [6, 6.07) is 10.9. The Bertz CT molecular complexity index is 950. The highest BCUT2D eigenvalue weighted by molar-refractivity contribution is 14.1. The van der Waals surface area contributed by atoms with Crippen LogP contribution in [0.1, 0.15) is 30.9 Å². The van der Waals surface area contributed by atoms with Crippen molar-refractivity contribution in [1.82, 2.24) is 0 Å². The number of nitrogens with zero attached hydrogens (tertiary/aromatic N) is 1. The molecule has 0 aliphatic carbocycles. The van der Waals surface area contributed by atoms with Gasteiger partial charge in [-0.15, -0.1) is 0 Å². The maximum Gasteiger partial charge on any atom is 0.363 e. The zero-order chi connectivity index (χ0) is 20.8. The molecule has 7 heteroatoms. The highest BCUT2D eigenvalue weighted by Crippen LogP contribution is 2.35. The molecule has 1 heterocycles. The van der Waals surface area contributed by atoms with Gasteiger partial charge < -0.3 is 18.9 Å². The van der Waals surface area contributed by atoms with Crippen LogP contribution in [-0.2, 0) is 9.53 Å². The minimum atomic E-state index is -0.493. The number of methoxy groups -OCH3 is 2. The van der Waals surface area contributed by atoms with Crippen molar-refractivity contribution >= 4 is 40.5 Å². The van der Waals surface area contributed by atoms with E-state index in [0.29, 0.717) is 23.7 Å². The van der Waals surface area contributed by atoms with Gasteiger partial charge in [0.05, 0.1) is 24.4 Å². The Balaban J connectivity index is 1.87. The molecule has 0 aromatic heterocycles. The molecule has 0 spiro atoms. The molecule has 2 aromatic carbocycles. The third-order valence-corrected chi connectivity index (χ3v) is 5.06. The predicted octanol–water partition coefficient (Wildman–Crippen LogP) is 4.83. The quantitative estimate of drug-likeness (QED) is 0.222. The van der Waals surface area contributed by atoms with Crippen LogP contribution in [0.4, 0.5) is 0 Å². The Kier molecular flexibility index (Phi) is 7.13. The van der Waals surface area contributed by atoms with Crippen molar-refractivity contribution in [1.29, 1.82) is 0 Å². The molecule has 0 saturated carbocycles. The van der Waals surface area contributed by atoms with Crippen LogP contribution in [0.15, 0.2) is 47.1 Å². The van der Waals surface area contributed by atoms with Gasteiger partial charge in [0, 0.05) is 5.56 Å². The molecule has 0 bridgehead atoms. The maximum atomic E-state index is 12.3. The molecule has 29 heavy (non-hydrogen) atoms. The number of hydrogen-bond donors (Lipinski definition) is 0. The molecule has 1 aliphatic heterocycles. The molecule has 2 aromatic rings. The van der Waals surface area contributed by atoms with E-state index in [1.165, 1.54) is 0 Å². The number of carbonyl (C=O) groups is 1. The fourth-order valence-corrected chi connectivity index (χ4v) is 3.49. The second-order valence-electron chi connectivity index (χ2n) is 6.30. The second kappa shape index (κ2) is 9.78. The first-order valence-corrected chi connectivity index (χ1v) is 10.3. The Morgan fingerprint density at radius 1 is 1.14 bits per heavy atom. The van der Waals surface area contributed by atoms with E-state index in [1.807, 2.05) is 12.1 Å². The standard InChI is InChI=1S/C22H22INO5/c1-4-5-10-28-20-17(23)11-14(13-19(20)27-3)12-18-22(25)29-21(24-18)15-6-8-16(26-2)9-7-15/h6-9,11-13H,4-5,10H2,1-3H3. The van der Waals surface area contributed by atoms with Crippen molar-refractivity contribution < 1.29 is 23.7 Å². The molecule has 152 valence electrons. The molecule has 1 aliphatic rings. The molecule has 0 amide bonds. The van der Waals surface area contributed by atoms with Crippen LogP contribution in [0.25, 0.3) is 6.08 Å². The van der Waals surface area contributed by atoms with Crippen LogP contribution in [-0.4, -0.2) is 32.7 Å². The first-order chi connectivity index (χ1) is 14.0. The minimum Gasteiger partial charge on any atom is -0.497 e. The lowest BCUT2D eigenvalue weighted by molar-refractivity contribution is -0.129. The number of ether oxygens (including phenoxy) is 4. The third kappa shape index (κ3) is 5.09. The number of carbonyl (C=O) groups excluding carboxylic acids is 1. The Morgan fingerprint density at radius 3 is 2.55 bits per heavy atom. The van der Waals surface area contributed by atoms with Crippen molar-refractivity contribution in [3.05, 3.63) is 56.8 Å². The number of halogens is 1. The van der Waals surface area contributed by atoms with Crippen LogP contribution < -0.4 is 14.2 Å². The van der Waals surface area contributed by atoms with Crippen molar-refractivity contribution in [2.45, 2.75) is 19.8 Å². The number of hydrogen-bond acceptors (Lipinski definition) is 6. The first kappa shape index (κ1) is 21.2. The molecule has 0 atom stereocenters. The van der Waals surface area contributed by atoms with Gasteiger partial charge >= 0.3 is 5.97 Å². The summed E-state index contributed by atoms with van der Waals surface area (Å²) >= 11 is 2.20. The van der Waals surface area contributed by atoms with E-state index < -0.39 is 5.97 Å². The summed E-state index contributed by atoms with van der Waals surface area (Å²) in [4.78, 5) is 16.6. The summed E-state index contributed by atoms with van der Waals surface area (Å²) in [5, 5.41) is 0. The molecular formula is C22H22INO5. The van der Waals surface area contributed by atoms with E-state index in [9.17, 15) is 4.79 Å². The Labute approximate surface area is 183 Å². The average molecular weight is 507 g/mol. The van der Waals surface area contributed by atoms with Crippen LogP contribution in [0, 0.1) is 3.57 Å². The normalized spacial score (nSPS) is 14.6. The van der Waals surface area contributed by atoms with Crippen molar-refractivity contribution in [3.8, 4) is 17.2 Å². The largest absolute Gasteiger partial charge is 0.497 e. The number of rotatable bonds is 8. The number of aliphatic imine (C=N–C) groups is 1. The van der Waals surface area contributed by atoms with Gasteiger partial charge in [0.2, 0.25) is 5.90 Å². The lowest BCUT2D eigenvalue weighted by atomic mass is 10.1. The highest BCUT2D eigenvalue weighted by Gasteiger charge is 2.24. The number of cyclic esters (lactones) is 1. The summed E-state index contributed by atoms with van der Waals surface area (Å²) < 4.78 is 22.7.